The average molecular weight is 708 g/mol. The Morgan fingerprint density at radius 1 is 1.08 bits per heavy atom. The standard InChI is InChI=1S/C35H49N9O5S/c1-34(2,3)48-33(46)44-14-12-41(13-15-44)24-20-26(39-28(21-24)43-10-7-23(8-11-43)42-16-18-47-19-17-42)30(37)40-49-32(45)35(4)9-5-6-27-29(35)25(22-36)31(38)50-27/h20-21,23H,5-19,38H2,1-4H3,(H2,37,40). The number of aryl methyl sites for hydroxylation is 1. The number of ether oxygens (including phenoxy) is 2. The summed E-state index contributed by atoms with van der Waals surface area (Å²) in [6, 6.07) is 6.61. The number of carbonyl (C=O) groups is 2. The van der Waals surface area contributed by atoms with E-state index in [1.54, 1.807) is 11.8 Å². The number of amidine groups is 1. The largest absolute Gasteiger partial charge is 0.444 e. The number of nitrogens with zero attached hydrogens (tertiary/aromatic N) is 7. The number of hydrogen-bond acceptors (Lipinski definition) is 13. The summed E-state index contributed by atoms with van der Waals surface area (Å²) in [5.41, 5.74) is 13.3. The van der Waals surface area contributed by atoms with E-state index in [9.17, 15) is 14.9 Å². The van der Waals surface area contributed by atoms with Crippen LogP contribution in [0, 0.1) is 11.3 Å². The van der Waals surface area contributed by atoms with Crippen LogP contribution in [0.15, 0.2) is 17.3 Å². The number of morpholine rings is 1. The molecule has 270 valence electrons. The highest BCUT2D eigenvalue weighted by Crippen LogP contribution is 2.46. The Hall–Kier alpha value is -4.13. The van der Waals surface area contributed by atoms with Gasteiger partial charge in [0, 0.05) is 80.6 Å². The number of aromatic nitrogens is 1. The second-order valence-corrected chi connectivity index (χ2v) is 15.8. The number of amides is 1. The van der Waals surface area contributed by atoms with Crippen LogP contribution in [0.3, 0.4) is 0 Å². The number of hydrogen-bond donors (Lipinski definition) is 2. The van der Waals surface area contributed by atoms with Gasteiger partial charge >= 0.3 is 12.1 Å². The van der Waals surface area contributed by atoms with Crippen LogP contribution in [0.4, 0.5) is 21.3 Å². The Morgan fingerprint density at radius 3 is 2.44 bits per heavy atom. The lowest BCUT2D eigenvalue weighted by molar-refractivity contribution is -0.150. The molecule has 2 aromatic rings. The molecule has 1 amide bonds. The van der Waals surface area contributed by atoms with E-state index in [4.69, 9.17) is 30.8 Å². The molecule has 14 nitrogen and oxygen atoms in total. The monoisotopic (exact) mass is 707 g/mol. The van der Waals surface area contributed by atoms with Crippen molar-refractivity contribution in [1.82, 2.24) is 14.8 Å². The fourth-order valence-corrected chi connectivity index (χ4v) is 8.58. The summed E-state index contributed by atoms with van der Waals surface area (Å²) >= 11 is 1.36. The topological polar surface area (TPSA) is 176 Å². The van der Waals surface area contributed by atoms with Gasteiger partial charge in [-0.1, -0.05) is 5.16 Å². The third-order valence-corrected chi connectivity index (χ3v) is 11.2. The minimum atomic E-state index is -1.07. The van der Waals surface area contributed by atoms with Crippen molar-refractivity contribution in [2.45, 2.75) is 76.9 Å². The van der Waals surface area contributed by atoms with Gasteiger partial charge in [0.2, 0.25) is 0 Å². The van der Waals surface area contributed by atoms with Crippen molar-refractivity contribution in [3.05, 3.63) is 33.8 Å². The fraction of sp³-hybridized carbons (Fsp3) is 0.629. The third kappa shape index (κ3) is 7.62. The predicted octanol–water partition coefficient (Wildman–Crippen LogP) is 3.41. The Bertz CT molecular complexity index is 1640. The minimum absolute atomic E-state index is 0.0259. The van der Waals surface area contributed by atoms with E-state index in [1.807, 2.05) is 26.8 Å². The molecule has 6 rings (SSSR count). The van der Waals surface area contributed by atoms with Gasteiger partial charge in [0.25, 0.3) is 0 Å². The lowest BCUT2D eigenvalue weighted by Crippen LogP contribution is -2.50. The number of thiophene rings is 1. The SMILES string of the molecule is CC(C)(C)OC(=O)N1CCN(c2cc(/C(N)=N/OC(=O)C3(C)CCCc4sc(N)c(C#N)c43)nc(N3CCC(N4CCOCC4)CC3)c2)CC1. The molecule has 0 aromatic carbocycles. The van der Waals surface area contributed by atoms with Crippen LogP contribution in [-0.4, -0.2) is 110 Å². The Kier molecular flexibility index (Phi) is 10.4. The summed E-state index contributed by atoms with van der Waals surface area (Å²) in [7, 11) is 0. The number of nitrogens with two attached hydrogens (primary N) is 2. The molecule has 1 aliphatic carbocycles. The van der Waals surface area contributed by atoms with E-state index < -0.39 is 17.0 Å². The van der Waals surface area contributed by atoms with Crippen LogP contribution in [-0.2, 0) is 30.9 Å². The molecular formula is C35H49N9O5S. The highest BCUT2D eigenvalue weighted by molar-refractivity contribution is 7.16. The van der Waals surface area contributed by atoms with Gasteiger partial charge in [0.15, 0.2) is 5.84 Å². The predicted molar refractivity (Wildman–Crippen MR) is 192 cm³/mol. The van der Waals surface area contributed by atoms with Crippen molar-refractivity contribution in [2.75, 3.05) is 81.1 Å². The van der Waals surface area contributed by atoms with Gasteiger partial charge in [0.05, 0.1) is 24.2 Å². The van der Waals surface area contributed by atoms with Crippen LogP contribution in [0.25, 0.3) is 0 Å². The molecule has 3 fully saturated rings. The lowest BCUT2D eigenvalue weighted by atomic mass is 9.72. The number of nitrogen functional groups attached to an aromatic ring is 1. The number of fused-ring (bicyclic) bond motifs is 1. The van der Waals surface area contributed by atoms with Crippen LogP contribution in [0.1, 0.15) is 75.1 Å². The van der Waals surface area contributed by atoms with E-state index in [-0.39, 0.29) is 11.9 Å². The number of nitriles is 1. The summed E-state index contributed by atoms with van der Waals surface area (Å²) < 4.78 is 11.2. The third-order valence-electron chi connectivity index (χ3n) is 10.1. The summed E-state index contributed by atoms with van der Waals surface area (Å²) in [6.45, 7) is 14.7. The smallest absolute Gasteiger partial charge is 0.410 e. The minimum Gasteiger partial charge on any atom is -0.444 e. The lowest BCUT2D eigenvalue weighted by Gasteiger charge is -2.41. The van der Waals surface area contributed by atoms with Gasteiger partial charge in [0.1, 0.15) is 28.2 Å². The first-order valence-corrected chi connectivity index (χ1v) is 18.4. The van der Waals surface area contributed by atoms with Crippen LogP contribution in [0.5, 0.6) is 0 Å². The number of rotatable bonds is 6. The molecule has 2 aromatic heterocycles. The maximum atomic E-state index is 13.6. The molecule has 1 atom stereocenters. The van der Waals surface area contributed by atoms with Crippen molar-refractivity contribution in [2.24, 2.45) is 10.9 Å². The number of oxime groups is 1. The Labute approximate surface area is 297 Å². The Morgan fingerprint density at radius 2 is 1.78 bits per heavy atom. The molecule has 3 saturated heterocycles. The number of piperazine rings is 1. The molecule has 0 bridgehead atoms. The van der Waals surface area contributed by atoms with Crippen molar-refractivity contribution in [1.29, 1.82) is 5.26 Å². The average Bonchev–Trinajstić information content (AvgIpc) is 3.46. The summed E-state index contributed by atoms with van der Waals surface area (Å²) in [6.07, 6.45) is 3.73. The van der Waals surface area contributed by atoms with Crippen LogP contribution in [0.2, 0.25) is 0 Å². The highest BCUT2D eigenvalue weighted by Gasteiger charge is 2.45. The molecule has 4 N–H and O–H groups in total. The number of pyridine rings is 1. The molecule has 0 radical (unpaired) electrons. The molecule has 3 aliphatic heterocycles. The summed E-state index contributed by atoms with van der Waals surface area (Å²) in [4.78, 5) is 46.5. The molecule has 4 aliphatic rings. The summed E-state index contributed by atoms with van der Waals surface area (Å²) in [5.74, 6) is 0.158. The molecule has 0 saturated carbocycles. The van der Waals surface area contributed by atoms with Gasteiger partial charge < -0.3 is 40.5 Å². The maximum absolute atomic E-state index is 13.6. The van der Waals surface area contributed by atoms with E-state index >= 15 is 0 Å². The zero-order chi connectivity index (χ0) is 35.6. The maximum Gasteiger partial charge on any atom is 0.410 e. The number of piperidine rings is 1. The van der Waals surface area contributed by atoms with E-state index in [0.29, 0.717) is 60.5 Å². The van der Waals surface area contributed by atoms with Gasteiger partial charge in [-0.05, 0) is 65.9 Å². The van der Waals surface area contributed by atoms with Crippen molar-refractivity contribution in [3.63, 3.8) is 0 Å². The van der Waals surface area contributed by atoms with Crippen molar-refractivity contribution >= 4 is 45.7 Å². The first kappa shape index (κ1) is 35.7. The molecule has 5 heterocycles. The quantitative estimate of drug-likeness (QED) is 0.194. The summed E-state index contributed by atoms with van der Waals surface area (Å²) in [5, 5.41) is 14.3. The van der Waals surface area contributed by atoms with Gasteiger partial charge in [-0.25, -0.2) is 14.6 Å². The van der Waals surface area contributed by atoms with Crippen molar-refractivity contribution in [3.8, 4) is 6.07 Å². The molecule has 0 spiro atoms. The molecule has 50 heavy (non-hydrogen) atoms. The normalized spacial score (nSPS) is 22.5. The Balaban J connectivity index is 1.22. The zero-order valence-electron chi connectivity index (χ0n) is 29.6. The molecular weight excluding hydrogens is 659 g/mol. The molecule has 15 heteroatoms. The zero-order valence-corrected chi connectivity index (χ0v) is 30.4. The number of anilines is 3. The van der Waals surface area contributed by atoms with Crippen LogP contribution < -0.4 is 21.3 Å². The molecule has 1 unspecified atom stereocenters. The van der Waals surface area contributed by atoms with E-state index in [1.165, 1.54) is 11.3 Å². The first-order chi connectivity index (χ1) is 23.9. The second-order valence-electron chi connectivity index (χ2n) is 14.7. The number of carbonyl (C=O) groups excluding carboxylic acids is 2. The highest BCUT2D eigenvalue weighted by atomic mass is 32.1. The second kappa shape index (κ2) is 14.6. The van der Waals surface area contributed by atoms with Gasteiger partial charge in [-0.3, -0.25) is 4.90 Å². The fourth-order valence-electron chi connectivity index (χ4n) is 7.39. The first-order valence-electron chi connectivity index (χ1n) is 17.5. The van der Waals surface area contributed by atoms with E-state index in [2.05, 4.69) is 32.0 Å². The van der Waals surface area contributed by atoms with E-state index in [0.717, 1.165) is 81.5 Å². The van der Waals surface area contributed by atoms with Crippen molar-refractivity contribution < 1.29 is 23.9 Å². The van der Waals surface area contributed by atoms with Crippen LogP contribution >= 0.6 is 11.3 Å². The van der Waals surface area contributed by atoms with Gasteiger partial charge in [-0.15, -0.1) is 11.3 Å². The van der Waals surface area contributed by atoms with Gasteiger partial charge in [-0.2, -0.15) is 5.26 Å².